The van der Waals surface area contributed by atoms with E-state index in [4.69, 9.17) is 4.74 Å². The van der Waals surface area contributed by atoms with Crippen LogP contribution in [-0.2, 0) is 0 Å². The molecule has 0 saturated heterocycles. The molecule has 0 aliphatic heterocycles. The quantitative estimate of drug-likeness (QED) is 0.905. The molecule has 0 aliphatic rings. The second kappa shape index (κ2) is 5.20. The van der Waals surface area contributed by atoms with Crippen molar-refractivity contribution in [2.45, 2.75) is 6.04 Å². The lowest BCUT2D eigenvalue weighted by Crippen LogP contribution is -2.19. The number of benzene rings is 1. The van der Waals surface area contributed by atoms with Crippen molar-refractivity contribution in [1.82, 2.24) is 14.9 Å². The second-order valence-electron chi connectivity index (χ2n) is 3.44. The summed E-state index contributed by atoms with van der Waals surface area (Å²) in [6, 6.07) is 4.20. The molecule has 0 aliphatic carbocycles. The summed E-state index contributed by atoms with van der Waals surface area (Å²) in [6.07, 6.45) is 0. The molecule has 1 heterocycles. The van der Waals surface area contributed by atoms with Crippen molar-refractivity contribution in [3.63, 3.8) is 0 Å². The Morgan fingerprint density at radius 1 is 1.47 bits per heavy atom. The minimum atomic E-state index is -0.302. The summed E-state index contributed by atoms with van der Waals surface area (Å²) in [7, 11) is 3.34. The first kappa shape index (κ1) is 11.9. The van der Waals surface area contributed by atoms with Crippen molar-refractivity contribution < 1.29 is 9.13 Å². The Morgan fingerprint density at radius 2 is 2.29 bits per heavy atom. The Kier molecular flexibility index (Phi) is 3.65. The third kappa shape index (κ3) is 2.42. The van der Waals surface area contributed by atoms with Crippen molar-refractivity contribution in [3.8, 4) is 5.75 Å². The standard InChI is InChI=1S/C11H12FN3OS/c1-13-11(9-6-17-15-14-9)8-5-7(12)3-4-10(8)16-2/h3-6,11,13H,1-2H3. The fraction of sp³-hybridized carbons (Fsp3) is 0.273. The Labute approximate surface area is 103 Å². The Balaban J connectivity index is 2.46. The number of aromatic nitrogens is 2. The molecule has 0 fully saturated rings. The van der Waals surface area contributed by atoms with Crippen LogP contribution in [0.15, 0.2) is 23.6 Å². The smallest absolute Gasteiger partial charge is 0.124 e. The molecule has 4 nitrogen and oxygen atoms in total. The zero-order chi connectivity index (χ0) is 12.3. The van der Waals surface area contributed by atoms with Crippen LogP contribution in [0.2, 0.25) is 0 Å². The monoisotopic (exact) mass is 253 g/mol. The van der Waals surface area contributed by atoms with Gasteiger partial charge in [0.15, 0.2) is 0 Å². The lowest BCUT2D eigenvalue weighted by molar-refractivity contribution is 0.403. The van der Waals surface area contributed by atoms with Crippen molar-refractivity contribution >= 4 is 11.5 Å². The highest BCUT2D eigenvalue weighted by Crippen LogP contribution is 2.29. The number of nitrogens with zero attached hydrogens (tertiary/aromatic N) is 2. The molecular formula is C11H12FN3OS. The highest BCUT2D eigenvalue weighted by atomic mass is 32.1. The zero-order valence-corrected chi connectivity index (χ0v) is 10.3. The number of hydrogen-bond donors (Lipinski definition) is 1. The third-order valence-corrected chi connectivity index (χ3v) is 2.99. The van der Waals surface area contributed by atoms with E-state index in [1.54, 1.807) is 20.2 Å². The van der Waals surface area contributed by atoms with E-state index >= 15 is 0 Å². The number of ether oxygens (including phenoxy) is 1. The first-order valence-electron chi connectivity index (χ1n) is 5.04. The topological polar surface area (TPSA) is 47.0 Å². The lowest BCUT2D eigenvalue weighted by atomic mass is 10.0. The maximum Gasteiger partial charge on any atom is 0.124 e. The van der Waals surface area contributed by atoms with Gasteiger partial charge in [-0.2, -0.15) is 0 Å². The van der Waals surface area contributed by atoms with Crippen LogP contribution in [-0.4, -0.2) is 23.7 Å². The number of nitrogens with one attached hydrogen (secondary N) is 1. The molecular weight excluding hydrogens is 241 g/mol. The van der Waals surface area contributed by atoms with Crippen LogP contribution in [0.1, 0.15) is 17.3 Å². The summed E-state index contributed by atoms with van der Waals surface area (Å²) in [4.78, 5) is 0. The number of methoxy groups -OCH3 is 1. The van der Waals surface area contributed by atoms with Crippen molar-refractivity contribution in [3.05, 3.63) is 40.7 Å². The fourth-order valence-electron chi connectivity index (χ4n) is 1.69. The van der Waals surface area contributed by atoms with E-state index in [9.17, 15) is 4.39 Å². The van der Waals surface area contributed by atoms with Gasteiger partial charge in [0.05, 0.1) is 18.8 Å². The van der Waals surface area contributed by atoms with Crippen molar-refractivity contribution in [1.29, 1.82) is 0 Å². The van der Waals surface area contributed by atoms with Gasteiger partial charge in [0.2, 0.25) is 0 Å². The molecule has 1 unspecified atom stereocenters. The normalized spacial score (nSPS) is 12.4. The molecule has 0 bridgehead atoms. The predicted octanol–water partition coefficient (Wildman–Crippen LogP) is 1.99. The Hall–Kier alpha value is -1.53. The average molecular weight is 253 g/mol. The number of rotatable bonds is 4. The molecule has 0 radical (unpaired) electrons. The Morgan fingerprint density at radius 3 is 2.88 bits per heavy atom. The maximum atomic E-state index is 13.3. The van der Waals surface area contributed by atoms with Crippen LogP contribution < -0.4 is 10.1 Å². The number of hydrogen-bond acceptors (Lipinski definition) is 5. The summed E-state index contributed by atoms with van der Waals surface area (Å²) < 4.78 is 22.3. The summed E-state index contributed by atoms with van der Waals surface area (Å²) in [5.74, 6) is 0.322. The average Bonchev–Trinajstić information content (AvgIpc) is 2.84. The highest BCUT2D eigenvalue weighted by Gasteiger charge is 2.19. The van der Waals surface area contributed by atoms with Crippen molar-refractivity contribution in [2.75, 3.05) is 14.2 Å². The molecule has 2 aromatic rings. The second-order valence-corrected chi connectivity index (χ2v) is 4.05. The molecule has 1 atom stereocenters. The first-order valence-corrected chi connectivity index (χ1v) is 5.87. The predicted molar refractivity (Wildman–Crippen MR) is 63.8 cm³/mol. The van der Waals surface area contributed by atoms with Crippen LogP contribution in [0.4, 0.5) is 4.39 Å². The van der Waals surface area contributed by atoms with Gasteiger partial charge in [-0.05, 0) is 36.8 Å². The lowest BCUT2D eigenvalue weighted by Gasteiger charge is -2.17. The van der Waals surface area contributed by atoms with Crippen LogP contribution >= 0.6 is 11.5 Å². The summed E-state index contributed by atoms with van der Waals surface area (Å²) in [5, 5.41) is 8.90. The Bertz CT molecular complexity index is 489. The molecule has 2 rings (SSSR count). The van der Waals surface area contributed by atoms with Gasteiger partial charge in [0, 0.05) is 10.9 Å². The molecule has 90 valence electrons. The minimum absolute atomic E-state index is 0.223. The largest absolute Gasteiger partial charge is 0.496 e. The molecule has 0 amide bonds. The van der Waals surface area contributed by atoms with Gasteiger partial charge in [-0.15, -0.1) is 5.10 Å². The van der Waals surface area contributed by atoms with E-state index < -0.39 is 0 Å². The van der Waals surface area contributed by atoms with Gasteiger partial charge < -0.3 is 10.1 Å². The van der Waals surface area contributed by atoms with E-state index in [0.29, 0.717) is 11.3 Å². The molecule has 1 aromatic heterocycles. The van der Waals surface area contributed by atoms with Gasteiger partial charge >= 0.3 is 0 Å². The van der Waals surface area contributed by atoms with E-state index in [1.165, 1.54) is 23.7 Å². The molecule has 6 heteroatoms. The van der Waals surface area contributed by atoms with Crippen LogP contribution in [0, 0.1) is 5.82 Å². The maximum absolute atomic E-state index is 13.3. The molecule has 1 aromatic carbocycles. The summed E-state index contributed by atoms with van der Waals surface area (Å²) in [5.41, 5.74) is 1.46. The van der Waals surface area contributed by atoms with Gasteiger partial charge in [-0.3, -0.25) is 0 Å². The van der Waals surface area contributed by atoms with E-state index in [1.807, 2.05) is 5.38 Å². The molecule has 0 spiro atoms. The summed E-state index contributed by atoms with van der Waals surface area (Å²) in [6.45, 7) is 0. The van der Waals surface area contributed by atoms with Gasteiger partial charge in [-0.25, -0.2) is 4.39 Å². The minimum Gasteiger partial charge on any atom is -0.496 e. The van der Waals surface area contributed by atoms with Crippen LogP contribution in [0.3, 0.4) is 0 Å². The molecule has 17 heavy (non-hydrogen) atoms. The molecule has 0 saturated carbocycles. The van der Waals surface area contributed by atoms with Crippen LogP contribution in [0.25, 0.3) is 0 Å². The number of halogens is 1. The van der Waals surface area contributed by atoms with Gasteiger partial charge in [0.25, 0.3) is 0 Å². The van der Waals surface area contributed by atoms with Crippen molar-refractivity contribution in [2.24, 2.45) is 0 Å². The SMILES string of the molecule is CNC(c1csnn1)c1cc(F)ccc1OC. The van der Waals surface area contributed by atoms with Crippen LogP contribution in [0.5, 0.6) is 5.75 Å². The third-order valence-electron chi connectivity index (χ3n) is 2.46. The van der Waals surface area contributed by atoms with Gasteiger partial charge in [-0.1, -0.05) is 4.49 Å². The fourth-order valence-corrected chi connectivity index (χ4v) is 2.17. The summed E-state index contributed by atoms with van der Waals surface area (Å²) >= 11 is 1.26. The van der Waals surface area contributed by atoms with Gasteiger partial charge in [0.1, 0.15) is 11.6 Å². The van der Waals surface area contributed by atoms with E-state index in [0.717, 1.165) is 5.69 Å². The zero-order valence-electron chi connectivity index (χ0n) is 9.48. The highest BCUT2D eigenvalue weighted by molar-refractivity contribution is 7.03. The molecule has 1 N–H and O–H groups in total. The van der Waals surface area contributed by atoms with E-state index in [2.05, 4.69) is 14.9 Å². The van der Waals surface area contributed by atoms with E-state index in [-0.39, 0.29) is 11.9 Å². The first-order chi connectivity index (χ1) is 8.26.